The Morgan fingerprint density at radius 2 is 1.64 bits per heavy atom. The zero-order valence-corrected chi connectivity index (χ0v) is 16.6. The summed E-state index contributed by atoms with van der Waals surface area (Å²) in [7, 11) is 0. The van der Waals surface area contributed by atoms with Gasteiger partial charge in [-0.2, -0.15) is 0 Å². The Morgan fingerprint density at radius 3 is 2.32 bits per heavy atom. The van der Waals surface area contributed by atoms with E-state index in [1.54, 1.807) is 54.6 Å². The van der Waals surface area contributed by atoms with E-state index in [0.717, 1.165) is 0 Å². The van der Waals surface area contributed by atoms with Crippen LogP contribution < -0.4 is 10.6 Å². The number of thiocarbonyl (C=S) groups is 1. The average molecular weight is 433 g/mol. The van der Waals surface area contributed by atoms with Gasteiger partial charge in [0.2, 0.25) is 5.90 Å². The number of halogens is 2. The van der Waals surface area contributed by atoms with Crippen LogP contribution in [0, 0.1) is 10.8 Å². The molecular weight excluding hydrogens is 419 g/mol. The lowest BCUT2D eigenvalue weighted by atomic mass is 10.2. The van der Waals surface area contributed by atoms with Crippen molar-refractivity contribution >= 4 is 63.7 Å². The van der Waals surface area contributed by atoms with E-state index in [9.17, 15) is 0 Å². The normalized spacial score (nSPS) is 10.2. The molecule has 9 heteroatoms. The molecule has 0 radical (unpaired) electrons. The molecule has 142 valence electrons. The SMILES string of the molecule is N=C(OC(=N)c1ccco1)c1cccc(NC(=S)Nc2ccc(Cl)c(Cl)c2)c1. The lowest BCUT2D eigenvalue weighted by molar-refractivity contribution is 0.486. The van der Waals surface area contributed by atoms with Crippen LogP contribution in [-0.2, 0) is 4.74 Å². The Bertz CT molecular complexity index is 1040. The summed E-state index contributed by atoms with van der Waals surface area (Å²) >= 11 is 17.2. The topological polar surface area (TPSA) is 94.1 Å². The minimum atomic E-state index is -0.245. The Morgan fingerprint density at radius 1 is 0.893 bits per heavy atom. The molecule has 2 aromatic carbocycles. The molecule has 28 heavy (non-hydrogen) atoms. The van der Waals surface area contributed by atoms with Crippen molar-refractivity contribution < 1.29 is 9.15 Å². The van der Waals surface area contributed by atoms with Crippen molar-refractivity contribution in [1.29, 1.82) is 10.8 Å². The molecular formula is C19H14Cl2N4O2S. The second kappa shape index (κ2) is 8.88. The third kappa shape index (κ3) is 5.10. The Balaban J connectivity index is 1.63. The van der Waals surface area contributed by atoms with Crippen LogP contribution >= 0.6 is 35.4 Å². The molecule has 0 atom stereocenters. The lowest BCUT2D eigenvalue weighted by Gasteiger charge is -2.12. The third-order valence-corrected chi connectivity index (χ3v) is 4.45. The molecule has 6 nitrogen and oxygen atoms in total. The van der Waals surface area contributed by atoms with E-state index >= 15 is 0 Å². The van der Waals surface area contributed by atoms with E-state index in [4.69, 9.17) is 55.4 Å². The van der Waals surface area contributed by atoms with Crippen LogP contribution in [0.25, 0.3) is 0 Å². The zero-order valence-electron chi connectivity index (χ0n) is 14.3. The number of nitrogens with one attached hydrogen (secondary N) is 4. The van der Waals surface area contributed by atoms with Crippen molar-refractivity contribution in [2.24, 2.45) is 0 Å². The summed E-state index contributed by atoms with van der Waals surface area (Å²) in [4.78, 5) is 0. The third-order valence-electron chi connectivity index (χ3n) is 3.51. The molecule has 4 N–H and O–H groups in total. The van der Waals surface area contributed by atoms with Crippen molar-refractivity contribution in [3.63, 3.8) is 0 Å². The van der Waals surface area contributed by atoms with Gasteiger partial charge in [0.1, 0.15) is 0 Å². The zero-order chi connectivity index (χ0) is 20.1. The minimum Gasteiger partial charge on any atom is -0.459 e. The van der Waals surface area contributed by atoms with Crippen molar-refractivity contribution in [3.8, 4) is 0 Å². The van der Waals surface area contributed by atoms with E-state index < -0.39 is 0 Å². The number of hydrogen-bond donors (Lipinski definition) is 4. The van der Waals surface area contributed by atoms with Gasteiger partial charge in [0, 0.05) is 16.9 Å². The summed E-state index contributed by atoms with van der Waals surface area (Å²) in [5.74, 6) is -0.190. The molecule has 0 amide bonds. The summed E-state index contributed by atoms with van der Waals surface area (Å²) in [6.07, 6.45) is 1.43. The fourth-order valence-electron chi connectivity index (χ4n) is 2.22. The van der Waals surface area contributed by atoms with Crippen molar-refractivity contribution in [3.05, 3.63) is 82.2 Å². The largest absolute Gasteiger partial charge is 0.459 e. The molecule has 3 rings (SSSR count). The van der Waals surface area contributed by atoms with Gasteiger partial charge in [0.05, 0.1) is 16.3 Å². The molecule has 0 unspecified atom stereocenters. The molecule has 0 saturated heterocycles. The number of furan rings is 1. The van der Waals surface area contributed by atoms with Crippen LogP contribution in [0.4, 0.5) is 11.4 Å². The Labute approximate surface area is 176 Å². The number of rotatable bonds is 4. The predicted octanol–water partition coefficient (Wildman–Crippen LogP) is 5.76. The fourth-order valence-corrected chi connectivity index (χ4v) is 2.76. The molecule has 3 aromatic rings. The van der Waals surface area contributed by atoms with E-state index in [2.05, 4.69) is 10.6 Å². The van der Waals surface area contributed by atoms with Gasteiger partial charge in [-0.05, 0) is 60.7 Å². The highest BCUT2D eigenvalue weighted by Gasteiger charge is 2.12. The van der Waals surface area contributed by atoms with Crippen LogP contribution in [0.2, 0.25) is 10.0 Å². The van der Waals surface area contributed by atoms with Crippen molar-refractivity contribution in [2.75, 3.05) is 10.6 Å². The van der Waals surface area contributed by atoms with Gasteiger partial charge >= 0.3 is 0 Å². The van der Waals surface area contributed by atoms with Gasteiger partial charge in [-0.25, -0.2) is 0 Å². The number of anilines is 2. The maximum atomic E-state index is 8.06. The molecule has 0 fully saturated rings. The first kappa shape index (κ1) is 19.9. The summed E-state index contributed by atoms with van der Waals surface area (Å²) in [6, 6.07) is 15.2. The summed E-state index contributed by atoms with van der Waals surface area (Å²) in [6.45, 7) is 0. The van der Waals surface area contributed by atoms with Crippen LogP contribution in [-0.4, -0.2) is 16.9 Å². The molecule has 1 heterocycles. The second-order valence-electron chi connectivity index (χ2n) is 5.53. The van der Waals surface area contributed by atoms with E-state index in [1.165, 1.54) is 6.26 Å². The molecule has 0 aliphatic heterocycles. The predicted molar refractivity (Wildman–Crippen MR) is 116 cm³/mol. The number of ether oxygens (including phenoxy) is 1. The summed E-state index contributed by atoms with van der Waals surface area (Å²) < 4.78 is 10.3. The maximum absolute atomic E-state index is 8.06. The molecule has 1 aromatic heterocycles. The minimum absolute atomic E-state index is 0.187. The molecule has 0 saturated carbocycles. The van der Waals surface area contributed by atoms with Gasteiger partial charge < -0.3 is 19.8 Å². The first-order valence-electron chi connectivity index (χ1n) is 7.94. The van der Waals surface area contributed by atoms with E-state index in [1.807, 2.05) is 0 Å². The summed E-state index contributed by atoms with van der Waals surface area (Å²) in [5, 5.41) is 23.1. The van der Waals surface area contributed by atoms with Gasteiger partial charge in [-0.1, -0.05) is 29.3 Å². The first-order chi connectivity index (χ1) is 13.4. The highest BCUT2D eigenvalue weighted by atomic mass is 35.5. The molecule has 0 aliphatic carbocycles. The summed E-state index contributed by atoms with van der Waals surface area (Å²) in [5.41, 5.74) is 1.80. The van der Waals surface area contributed by atoms with E-state index in [0.29, 0.717) is 32.1 Å². The van der Waals surface area contributed by atoms with Crippen LogP contribution in [0.3, 0.4) is 0 Å². The van der Waals surface area contributed by atoms with Gasteiger partial charge in [0.25, 0.3) is 5.90 Å². The Hall–Kier alpha value is -2.87. The smallest absolute Gasteiger partial charge is 0.257 e. The van der Waals surface area contributed by atoms with E-state index in [-0.39, 0.29) is 17.6 Å². The van der Waals surface area contributed by atoms with Crippen LogP contribution in [0.1, 0.15) is 11.3 Å². The highest BCUT2D eigenvalue weighted by molar-refractivity contribution is 7.80. The van der Waals surface area contributed by atoms with Gasteiger partial charge in [-0.3, -0.25) is 10.8 Å². The van der Waals surface area contributed by atoms with Crippen LogP contribution in [0.5, 0.6) is 0 Å². The van der Waals surface area contributed by atoms with Gasteiger partial charge in [0.15, 0.2) is 10.9 Å². The van der Waals surface area contributed by atoms with Crippen molar-refractivity contribution in [1.82, 2.24) is 0 Å². The first-order valence-corrected chi connectivity index (χ1v) is 9.11. The number of hydrogen-bond acceptors (Lipinski definition) is 5. The average Bonchev–Trinajstić information content (AvgIpc) is 3.20. The highest BCUT2D eigenvalue weighted by Crippen LogP contribution is 2.25. The molecule has 0 spiro atoms. The number of benzene rings is 2. The quantitative estimate of drug-likeness (QED) is 0.238. The van der Waals surface area contributed by atoms with Crippen LogP contribution in [0.15, 0.2) is 65.3 Å². The maximum Gasteiger partial charge on any atom is 0.257 e. The second-order valence-corrected chi connectivity index (χ2v) is 6.75. The van der Waals surface area contributed by atoms with Crippen molar-refractivity contribution in [2.45, 2.75) is 0 Å². The Kier molecular flexibility index (Phi) is 6.30. The lowest BCUT2D eigenvalue weighted by Crippen LogP contribution is -2.19. The van der Waals surface area contributed by atoms with Gasteiger partial charge in [-0.15, -0.1) is 0 Å². The molecule has 0 aliphatic rings. The molecule has 0 bridgehead atoms. The standard InChI is InChI=1S/C19H14Cl2N4O2S/c20-14-7-6-13(10-15(14)21)25-19(28)24-12-4-1-3-11(9-12)17(22)27-18(23)16-5-2-8-26-16/h1-10,22-23H,(H2,24,25,28). The fraction of sp³-hybridized carbons (Fsp3) is 0. The monoisotopic (exact) mass is 432 g/mol.